The Morgan fingerprint density at radius 2 is 2.31 bits per heavy atom. The first-order valence-electron chi connectivity index (χ1n) is 5.25. The maximum absolute atomic E-state index is 8.94. The molecule has 0 aromatic heterocycles. The van der Waals surface area contributed by atoms with Crippen LogP contribution in [0.1, 0.15) is 26.2 Å². The van der Waals surface area contributed by atoms with Gasteiger partial charge in [0.15, 0.2) is 0 Å². The van der Waals surface area contributed by atoms with E-state index in [2.05, 4.69) is 5.32 Å². The second-order valence-corrected chi connectivity index (χ2v) is 3.92. The highest BCUT2D eigenvalue weighted by atomic mass is 16.5. The molecule has 1 fully saturated rings. The lowest BCUT2D eigenvalue weighted by atomic mass is 10.4. The lowest BCUT2D eigenvalue weighted by molar-refractivity contribution is 0.120. The van der Waals surface area contributed by atoms with Gasteiger partial charge in [-0.2, -0.15) is 0 Å². The number of ether oxygens (including phenoxy) is 1. The maximum Gasteiger partial charge on any atom is 0.0636 e. The summed E-state index contributed by atoms with van der Waals surface area (Å²) in [5, 5.41) is 12.1. The molecule has 0 aromatic rings. The molecule has 0 spiro atoms. The van der Waals surface area contributed by atoms with Crippen LogP contribution in [-0.2, 0) is 4.74 Å². The summed E-state index contributed by atoms with van der Waals surface area (Å²) in [4.78, 5) is 0. The van der Waals surface area contributed by atoms with Crippen molar-refractivity contribution in [2.75, 3.05) is 26.3 Å². The van der Waals surface area contributed by atoms with Crippen LogP contribution in [0.3, 0.4) is 0 Å². The summed E-state index contributed by atoms with van der Waals surface area (Å²) in [6, 6.07) is 0. The molecule has 1 saturated carbocycles. The molecule has 1 aliphatic carbocycles. The number of nitrogens with one attached hydrogen (secondary N) is 1. The summed E-state index contributed by atoms with van der Waals surface area (Å²) >= 11 is 0. The number of aliphatic hydroxyl groups excluding tert-OH is 1. The Hall–Kier alpha value is -0.120. The number of rotatable bonds is 8. The molecule has 78 valence electrons. The fourth-order valence-electron chi connectivity index (χ4n) is 1.14. The van der Waals surface area contributed by atoms with Crippen LogP contribution < -0.4 is 5.32 Å². The molecule has 3 heteroatoms. The van der Waals surface area contributed by atoms with Crippen molar-refractivity contribution in [2.24, 2.45) is 5.92 Å². The number of aliphatic hydroxyl groups is 1. The minimum absolute atomic E-state index is 0.243. The molecule has 0 saturated heterocycles. The molecule has 13 heavy (non-hydrogen) atoms. The first-order valence-corrected chi connectivity index (χ1v) is 5.25. The van der Waals surface area contributed by atoms with Crippen LogP contribution in [0.4, 0.5) is 0 Å². The standard InChI is InChI=1S/C10H21NO2/c1-9(12)7-11-5-2-6-13-8-10-3-4-10/h9-12H,2-8H2,1H3/t9-/m1/s1. The normalized spacial score (nSPS) is 18.9. The van der Waals surface area contributed by atoms with Gasteiger partial charge in [-0.1, -0.05) is 0 Å². The van der Waals surface area contributed by atoms with Crippen molar-refractivity contribution in [3.63, 3.8) is 0 Å². The molecule has 3 nitrogen and oxygen atoms in total. The summed E-state index contributed by atoms with van der Waals surface area (Å²) < 4.78 is 5.46. The smallest absolute Gasteiger partial charge is 0.0636 e. The fraction of sp³-hybridized carbons (Fsp3) is 1.00. The lowest BCUT2D eigenvalue weighted by Crippen LogP contribution is -2.25. The number of hydrogen-bond acceptors (Lipinski definition) is 3. The molecule has 0 radical (unpaired) electrons. The molecule has 1 atom stereocenters. The van der Waals surface area contributed by atoms with Crippen LogP contribution in [0, 0.1) is 5.92 Å². The Morgan fingerprint density at radius 1 is 1.54 bits per heavy atom. The van der Waals surface area contributed by atoms with E-state index < -0.39 is 0 Å². The van der Waals surface area contributed by atoms with Gasteiger partial charge < -0.3 is 15.2 Å². The summed E-state index contributed by atoms with van der Waals surface area (Å²) in [6.07, 6.45) is 3.52. The predicted octanol–water partition coefficient (Wildman–Crippen LogP) is 0.773. The van der Waals surface area contributed by atoms with Crippen molar-refractivity contribution in [2.45, 2.75) is 32.3 Å². The molecule has 0 heterocycles. The summed E-state index contributed by atoms with van der Waals surface area (Å²) in [5.74, 6) is 0.866. The highest BCUT2D eigenvalue weighted by Crippen LogP contribution is 2.28. The van der Waals surface area contributed by atoms with Crippen LogP contribution in [-0.4, -0.2) is 37.5 Å². The summed E-state index contributed by atoms with van der Waals surface area (Å²) in [6.45, 7) is 5.22. The van der Waals surface area contributed by atoms with Gasteiger partial charge in [0.25, 0.3) is 0 Å². The van der Waals surface area contributed by atoms with Crippen molar-refractivity contribution in [3.05, 3.63) is 0 Å². The topological polar surface area (TPSA) is 41.5 Å². The van der Waals surface area contributed by atoms with Crippen molar-refractivity contribution in [1.82, 2.24) is 5.32 Å². The molecule has 0 aromatic carbocycles. The number of hydrogen-bond donors (Lipinski definition) is 2. The molecule has 1 aliphatic rings. The molecule has 0 bridgehead atoms. The minimum atomic E-state index is -0.243. The predicted molar refractivity (Wildman–Crippen MR) is 52.7 cm³/mol. The molecule has 1 rings (SSSR count). The molecular weight excluding hydrogens is 166 g/mol. The quantitative estimate of drug-likeness (QED) is 0.552. The van der Waals surface area contributed by atoms with Gasteiger partial charge in [0.2, 0.25) is 0 Å². The van der Waals surface area contributed by atoms with E-state index in [0.29, 0.717) is 6.54 Å². The summed E-state index contributed by atoms with van der Waals surface area (Å²) in [7, 11) is 0. The van der Waals surface area contributed by atoms with E-state index in [9.17, 15) is 0 Å². The Kier molecular flexibility index (Phi) is 5.35. The van der Waals surface area contributed by atoms with Crippen LogP contribution >= 0.6 is 0 Å². The van der Waals surface area contributed by atoms with Gasteiger partial charge in [0.05, 0.1) is 6.10 Å². The van der Waals surface area contributed by atoms with E-state index in [-0.39, 0.29) is 6.10 Å². The largest absolute Gasteiger partial charge is 0.392 e. The van der Waals surface area contributed by atoms with Crippen molar-refractivity contribution < 1.29 is 9.84 Å². The van der Waals surface area contributed by atoms with Crippen molar-refractivity contribution in [3.8, 4) is 0 Å². The average molecular weight is 187 g/mol. The van der Waals surface area contributed by atoms with Gasteiger partial charge in [0, 0.05) is 19.8 Å². The van der Waals surface area contributed by atoms with E-state index in [0.717, 1.165) is 32.1 Å². The van der Waals surface area contributed by atoms with Gasteiger partial charge in [-0.15, -0.1) is 0 Å². The third kappa shape index (κ3) is 6.99. The maximum atomic E-state index is 8.94. The second kappa shape index (κ2) is 6.35. The van der Waals surface area contributed by atoms with Crippen LogP contribution in [0.2, 0.25) is 0 Å². The van der Waals surface area contributed by atoms with E-state index in [4.69, 9.17) is 9.84 Å². The second-order valence-electron chi connectivity index (χ2n) is 3.92. The van der Waals surface area contributed by atoms with Gasteiger partial charge in [-0.05, 0) is 38.6 Å². The molecule has 0 unspecified atom stereocenters. The van der Waals surface area contributed by atoms with Gasteiger partial charge >= 0.3 is 0 Å². The monoisotopic (exact) mass is 187 g/mol. The highest BCUT2D eigenvalue weighted by Gasteiger charge is 2.20. The molecule has 0 amide bonds. The van der Waals surface area contributed by atoms with E-state index in [1.165, 1.54) is 12.8 Å². The zero-order valence-corrected chi connectivity index (χ0v) is 8.46. The van der Waals surface area contributed by atoms with Crippen molar-refractivity contribution in [1.29, 1.82) is 0 Å². The van der Waals surface area contributed by atoms with Crippen LogP contribution in [0.5, 0.6) is 0 Å². The molecule has 0 aliphatic heterocycles. The SMILES string of the molecule is C[C@@H](O)CNCCCOCC1CC1. The van der Waals surface area contributed by atoms with Crippen LogP contribution in [0.25, 0.3) is 0 Å². The Balaban J connectivity index is 1.68. The Labute approximate surface area is 80.5 Å². The first kappa shape index (κ1) is 11.0. The minimum Gasteiger partial charge on any atom is -0.392 e. The fourth-order valence-corrected chi connectivity index (χ4v) is 1.14. The Morgan fingerprint density at radius 3 is 2.92 bits per heavy atom. The van der Waals surface area contributed by atoms with Crippen molar-refractivity contribution >= 4 is 0 Å². The zero-order chi connectivity index (χ0) is 9.52. The first-order chi connectivity index (χ1) is 6.29. The summed E-state index contributed by atoms with van der Waals surface area (Å²) in [5.41, 5.74) is 0. The van der Waals surface area contributed by atoms with E-state index >= 15 is 0 Å². The third-order valence-electron chi connectivity index (χ3n) is 2.13. The highest BCUT2D eigenvalue weighted by molar-refractivity contribution is 4.71. The molecular formula is C10H21NO2. The van der Waals surface area contributed by atoms with Gasteiger partial charge in [-0.25, -0.2) is 0 Å². The molecule has 2 N–H and O–H groups in total. The van der Waals surface area contributed by atoms with Crippen LogP contribution in [0.15, 0.2) is 0 Å². The lowest BCUT2D eigenvalue weighted by Gasteiger charge is -2.06. The van der Waals surface area contributed by atoms with E-state index in [1.54, 1.807) is 6.92 Å². The Bertz CT molecular complexity index is 118. The van der Waals surface area contributed by atoms with E-state index in [1.807, 2.05) is 0 Å². The zero-order valence-electron chi connectivity index (χ0n) is 8.46. The van der Waals surface area contributed by atoms with Gasteiger partial charge in [0.1, 0.15) is 0 Å². The van der Waals surface area contributed by atoms with Gasteiger partial charge in [-0.3, -0.25) is 0 Å². The third-order valence-corrected chi connectivity index (χ3v) is 2.13. The average Bonchev–Trinajstić information content (AvgIpc) is 2.86.